The number of hydrogen-bond donors (Lipinski definition) is 2. The lowest BCUT2D eigenvalue weighted by atomic mass is 10.2. The number of carbonyl (C=O) groups excluding carboxylic acids is 1. The Kier molecular flexibility index (Phi) is 6.71. The van der Waals surface area contributed by atoms with Crippen molar-refractivity contribution in [2.75, 3.05) is 25.0 Å². The number of carbonyl (C=O) groups is 1. The molecule has 0 saturated heterocycles. The van der Waals surface area contributed by atoms with Crippen LogP contribution in [0.1, 0.15) is 25.8 Å². The molecule has 5 nitrogen and oxygen atoms in total. The maximum absolute atomic E-state index is 12.2. The lowest BCUT2D eigenvalue weighted by molar-refractivity contribution is -0.120. The average Bonchev–Trinajstić information content (AvgIpc) is 2.47. The monoisotopic (exact) mass is 275 g/mol. The van der Waals surface area contributed by atoms with Gasteiger partial charge in [-0.15, -0.1) is 0 Å². The normalized spacial score (nSPS) is 11.9. The molecule has 1 atom stereocenters. The van der Waals surface area contributed by atoms with Crippen LogP contribution in [0.3, 0.4) is 0 Å². The van der Waals surface area contributed by atoms with Crippen LogP contribution in [0.25, 0.3) is 0 Å². The highest BCUT2D eigenvalue weighted by atomic mass is 16.3. The number of nitrogens with zero attached hydrogens (tertiary/aromatic N) is 2. The third-order valence-corrected chi connectivity index (χ3v) is 3.11. The lowest BCUT2D eigenvalue weighted by Crippen LogP contribution is -2.43. The smallest absolute Gasteiger partial charge is 0.241 e. The largest absolute Gasteiger partial charge is 0.395 e. The number of aliphatic hydroxyl groups excluding tert-OH is 1. The predicted octanol–water partition coefficient (Wildman–Crippen LogP) is 1.59. The van der Waals surface area contributed by atoms with Crippen molar-refractivity contribution in [3.63, 3.8) is 0 Å². The SMILES string of the molecule is CCCN(CCO)C(C)C(=O)Nc1ccc(C#N)cc1. The molecule has 0 bridgehead atoms. The summed E-state index contributed by atoms with van der Waals surface area (Å²) in [5.74, 6) is -0.114. The molecule has 0 fully saturated rings. The fourth-order valence-corrected chi connectivity index (χ4v) is 1.96. The number of nitriles is 1. The van der Waals surface area contributed by atoms with Gasteiger partial charge in [0.1, 0.15) is 0 Å². The van der Waals surface area contributed by atoms with E-state index in [1.54, 1.807) is 24.3 Å². The highest BCUT2D eigenvalue weighted by Gasteiger charge is 2.20. The molecule has 0 aliphatic carbocycles. The highest BCUT2D eigenvalue weighted by molar-refractivity contribution is 5.94. The second-order valence-electron chi connectivity index (χ2n) is 4.61. The van der Waals surface area contributed by atoms with Gasteiger partial charge in [0.25, 0.3) is 0 Å². The van der Waals surface area contributed by atoms with Crippen molar-refractivity contribution in [3.8, 4) is 6.07 Å². The molecule has 0 heterocycles. The number of hydrogen-bond acceptors (Lipinski definition) is 4. The summed E-state index contributed by atoms with van der Waals surface area (Å²) in [4.78, 5) is 14.1. The number of amides is 1. The van der Waals surface area contributed by atoms with Crippen LogP contribution in [0.2, 0.25) is 0 Å². The number of rotatable bonds is 7. The third kappa shape index (κ3) is 4.65. The number of anilines is 1. The van der Waals surface area contributed by atoms with Crippen LogP contribution in [0, 0.1) is 11.3 Å². The van der Waals surface area contributed by atoms with E-state index in [1.807, 2.05) is 24.8 Å². The summed E-state index contributed by atoms with van der Waals surface area (Å²) >= 11 is 0. The van der Waals surface area contributed by atoms with E-state index in [9.17, 15) is 4.79 Å². The van der Waals surface area contributed by atoms with Crippen LogP contribution in [-0.2, 0) is 4.79 Å². The van der Waals surface area contributed by atoms with Crippen molar-refractivity contribution < 1.29 is 9.90 Å². The maximum atomic E-state index is 12.2. The molecular weight excluding hydrogens is 254 g/mol. The molecule has 0 aliphatic rings. The van der Waals surface area contributed by atoms with Crippen molar-refractivity contribution in [1.29, 1.82) is 5.26 Å². The van der Waals surface area contributed by atoms with Crippen molar-refractivity contribution in [2.24, 2.45) is 0 Å². The van der Waals surface area contributed by atoms with Crippen LogP contribution < -0.4 is 5.32 Å². The summed E-state index contributed by atoms with van der Waals surface area (Å²) in [7, 11) is 0. The van der Waals surface area contributed by atoms with Gasteiger partial charge < -0.3 is 10.4 Å². The first-order valence-electron chi connectivity index (χ1n) is 6.78. The van der Waals surface area contributed by atoms with Gasteiger partial charge in [0.15, 0.2) is 0 Å². The minimum Gasteiger partial charge on any atom is -0.395 e. The van der Waals surface area contributed by atoms with Crippen LogP contribution in [0.15, 0.2) is 24.3 Å². The van der Waals surface area contributed by atoms with Crippen molar-refractivity contribution >= 4 is 11.6 Å². The summed E-state index contributed by atoms with van der Waals surface area (Å²) in [6.07, 6.45) is 0.925. The van der Waals surface area contributed by atoms with Crippen molar-refractivity contribution in [1.82, 2.24) is 4.90 Å². The molecule has 0 spiro atoms. The van der Waals surface area contributed by atoms with Gasteiger partial charge in [-0.3, -0.25) is 9.69 Å². The Morgan fingerprint density at radius 2 is 2.05 bits per heavy atom. The zero-order valence-electron chi connectivity index (χ0n) is 12.0. The van der Waals surface area contributed by atoms with Gasteiger partial charge >= 0.3 is 0 Å². The molecule has 20 heavy (non-hydrogen) atoms. The molecule has 0 radical (unpaired) electrons. The molecule has 0 saturated carbocycles. The summed E-state index contributed by atoms with van der Waals surface area (Å²) in [6.45, 7) is 5.15. The molecule has 0 aromatic heterocycles. The Morgan fingerprint density at radius 3 is 2.55 bits per heavy atom. The molecule has 0 aliphatic heterocycles. The van der Waals surface area contributed by atoms with E-state index in [-0.39, 0.29) is 18.6 Å². The van der Waals surface area contributed by atoms with Gasteiger partial charge in [0.05, 0.1) is 24.3 Å². The average molecular weight is 275 g/mol. The van der Waals surface area contributed by atoms with E-state index in [2.05, 4.69) is 5.32 Å². The Hall–Kier alpha value is -1.90. The molecular formula is C15H21N3O2. The Morgan fingerprint density at radius 1 is 1.40 bits per heavy atom. The lowest BCUT2D eigenvalue weighted by Gasteiger charge is -2.27. The minimum absolute atomic E-state index is 0.0362. The second kappa shape index (κ2) is 8.31. The maximum Gasteiger partial charge on any atom is 0.241 e. The molecule has 1 aromatic rings. The molecule has 1 aromatic carbocycles. The Bertz CT molecular complexity index is 459. The third-order valence-electron chi connectivity index (χ3n) is 3.11. The van der Waals surface area contributed by atoms with Gasteiger partial charge in [-0.05, 0) is 44.2 Å². The van der Waals surface area contributed by atoms with Gasteiger partial charge in [-0.1, -0.05) is 6.92 Å². The van der Waals surface area contributed by atoms with Crippen molar-refractivity contribution in [3.05, 3.63) is 29.8 Å². The molecule has 5 heteroatoms. The topological polar surface area (TPSA) is 76.4 Å². The molecule has 1 unspecified atom stereocenters. The summed E-state index contributed by atoms with van der Waals surface area (Å²) in [5.41, 5.74) is 1.23. The quantitative estimate of drug-likeness (QED) is 0.792. The summed E-state index contributed by atoms with van der Waals surface area (Å²) in [6, 6.07) is 8.47. The molecule has 1 amide bonds. The summed E-state index contributed by atoms with van der Waals surface area (Å²) < 4.78 is 0. The predicted molar refractivity (Wildman–Crippen MR) is 78.2 cm³/mol. The fourth-order valence-electron chi connectivity index (χ4n) is 1.96. The van der Waals surface area contributed by atoms with Crippen LogP contribution in [0.4, 0.5) is 5.69 Å². The first kappa shape index (κ1) is 16.2. The van der Waals surface area contributed by atoms with Gasteiger partial charge in [0, 0.05) is 12.2 Å². The minimum atomic E-state index is -0.308. The molecule has 1 rings (SSSR count). The highest BCUT2D eigenvalue weighted by Crippen LogP contribution is 2.10. The second-order valence-corrected chi connectivity index (χ2v) is 4.61. The van der Waals surface area contributed by atoms with E-state index >= 15 is 0 Å². The molecule has 108 valence electrons. The number of aliphatic hydroxyl groups is 1. The van der Waals surface area contributed by atoms with E-state index in [1.165, 1.54) is 0 Å². The van der Waals surface area contributed by atoms with E-state index < -0.39 is 0 Å². The first-order chi connectivity index (χ1) is 9.62. The zero-order chi connectivity index (χ0) is 15.0. The number of nitrogens with one attached hydrogen (secondary N) is 1. The van der Waals surface area contributed by atoms with Crippen LogP contribution in [0.5, 0.6) is 0 Å². The van der Waals surface area contributed by atoms with Gasteiger partial charge in [-0.2, -0.15) is 5.26 Å². The van der Waals surface area contributed by atoms with Gasteiger partial charge in [-0.25, -0.2) is 0 Å². The standard InChI is InChI=1S/C15H21N3O2/c1-3-8-18(9-10-19)12(2)15(20)17-14-6-4-13(11-16)5-7-14/h4-7,12,19H,3,8-10H2,1-2H3,(H,17,20). The van der Waals surface area contributed by atoms with Gasteiger partial charge in [0.2, 0.25) is 5.91 Å². The van der Waals surface area contributed by atoms with E-state index in [0.29, 0.717) is 17.8 Å². The Balaban J connectivity index is 2.65. The van der Waals surface area contributed by atoms with Crippen molar-refractivity contribution in [2.45, 2.75) is 26.3 Å². The number of benzene rings is 1. The zero-order valence-corrected chi connectivity index (χ0v) is 12.0. The first-order valence-corrected chi connectivity index (χ1v) is 6.78. The molecule has 2 N–H and O–H groups in total. The Labute approximate surface area is 119 Å². The fraction of sp³-hybridized carbons (Fsp3) is 0.467. The van der Waals surface area contributed by atoms with E-state index in [0.717, 1.165) is 13.0 Å². The van der Waals surface area contributed by atoms with Crippen LogP contribution in [-0.4, -0.2) is 41.7 Å². The van der Waals surface area contributed by atoms with E-state index in [4.69, 9.17) is 10.4 Å². The van der Waals surface area contributed by atoms with Crippen LogP contribution >= 0.6 is 0 Å². The summed E-state index contributed by atoms with van der Waals surface area (Å²) in [5, 5.41) is 20.6.